The molecule has 2 aromatic heterocycles. The van der Waals surface area contributed by atoms with Crippen LogP contribution in [0.1, 0.15) is 47.4 Å². The molecule has 38 heavy (non-hydrogen) atoms. The van der Waals surface area contributed by atoms with Crippen molar-refractivity contribution in [3.05, 3.63) is 83.2 Å². The zero-order chi connectivity index (χ0) is 27.0. The molecule has 0 aliphatic carbocycles. The van der Waals surface area contributed by atoms with Gasteiger partial charge in [-0.2, -0.15) is 4.31 Å². The second-order valence-electron chi connectivity index (χ2n) is 10.4. The van der Waals surface area contributed by atoms with E-state index in [-0.39, 0.29) is 17.3 Å². The number of piperidine rings is 1. The molecule has 2 atom stereocenters. The fourth-order valence-corrected chi connectivity index (χ4v) is 7.76. The van der Waals surface area contributed by atoms with Gasteiger partial charge in [0.25, 0.3) is 5.91 Å². The maximum absolute atomic E-state index is 13.8. The molecule has 1 saturated heterocycles. The molecule has 4 aromatic rings. The van der Waals surface area contributed by atoms with Gasteiger partial charge in [-0.25, -0.2) is 13.4 Å². The molecule has 1 amide bonds. The van der Waals surface area contributed by atoms with E-state index >= 15 is 0 Å². The number of anilines is 1. The first-order valence-electron chi connectivity index (χ1n) is 12.8. The van der Waals surface area contributed by atoms with E-state index in [1.165, 1.54) is 29.0 Å². The number of sulfonamides is 1. The number of carbonyl (C=O) groups is 1. The van der Waals surface area contributed by atoms with E-state index in [0.29, 0.717) is 35.6 Å². The number of carbonyl (C=O) groups excluding carboxylic acids is 1. The Morgan fingerprint density at radius 1 is 1.03 bits per heavy atom. The number of pyridine rings is 1. The van der Waals surface area contributed by atoms with Crippen LogP contribution < -0.4 is 4.90 Å². The van der Waals surface area contributed by atoms with Crippen molar-refractivity contribution in [3.8, 4) is 0 Å². The van der Waals surface area contributed by atoms with Crippen LogP contribution in [-0.2, 0) is 16.6 Å². The third kappa shape index (κ3) is 5.36. The molecule has 5 rings (SSSR count). The van der Waals surface area contributed by atoms with E-state index < -0.39 is 10.0 Å². The predicted octanol–water partition coefficient (Wildman–Crippen LogP) is 5.82. The lowest BCUT2D eigenvalue weighted by Gasteiger charge is -2.34. The van der Waals surface area contributed by atoms with Gasteiger partial charge in [0.05, 0.1) is 27.4 Å². The molecule has 1 fully saturated rings. The van der Waals surface area contributed by atoms with Gasteiger partial charge in [0.15, 0.2) is 5.13 Å². The number of hydrogen-bond acceptors (Lipinski definition) is 6. The second-order valence-corrected chi connectivity index (χ2v) is 13.4. The van der Waals surface area contributed by atoms with Crippen molar-refractivity contribution in [2.24, 2.45) is 11.8 Å². The van der Waals surface area contributed by atoms with Gasteiger partial charge in [0, 0.05) is 24.8 Å². The molecule has 1 aliphatic heterocycles. The summed E-state index contributed by atoms with van der Waals surface area (Å²) >= 11 is 1.46. The molecule has 2 aromatic carbocycles. The van der Waals surface area contributed by atoms with Gasteiger partial charge < -0.3 is 0 Å². The van der Waals surface area contributed by atoms with Gasteiger partial charge in [0.2, 0.25) is 10.0 Å². The van der Waals surface area contributed by atoms with Crippen molar-refractivity contribution >= 4 is 42.6 Å². The first kappa shape index (κ1) is 26.5. The van der Waals surface area contributed by atoms with Crippen molar-refractivity contribution in [1.29, 1.82) is 0 Å². The van der Waals surface area contributed by atoms with Crippen LogP contribution in [0.25, 0.3) is 10.2 Å². The van der Waals surface area contributed by atoms with Crippen LogP contribution in [0, 0.1) is 25.7 Å². The number of amides is 1. The zero-order valence-corrected chi connectivity index (χ0v) is 23.7. The number of rotatable bonds is 6. The van der Waals surface area contributed by atoms with Gasteiger partial charge in [-0.1, -0.05) is 31.3 Å². The fourth-order valence-electron chi connectivity index (χ4n) is 5.04. The van der Waals surface area contributed by atoms with Crippen LogP contribution in [0.2, 0.25) is 0 Å². The van der Waals surface area contributed by atoms with E-state index in [1.54, 1.807) is 27.5 Å². The van der Waals surface area contributed by atoms with Crippen molar-refractivity contribution in [1.82, 2.24) is 14.3 Å². The monoisotopic (exact) mass is 548 g/mol. The highest BCUT2D eigenvalue weighted by atomic mass is 32.2. The van der Waals surface area contributed by atoms with Crippen molar-refractivity contribution < 1.29 is 13.2 Å². The maximum Gasteiger partial charge on any atom is 0.260 e. The third-order valence-corrected chi connectivity index (χ3v) is 9.98. The Morgan fingerprint density at radius 2 is 1.71 bits per heavy atom. The number of benzene rings is 2. The Balaban J connectivity index is 1.46. The fraction of sp³-hybridized carbons (Fsp3) is 0.345. The van der Waals surface area contributed by atoms with Crippen LogP contribution in [0.3, 0.4) is 0 Å². The Kier molecular flexibility index (Phi) is 7.35. The molecular weight excluding hydrogens is 516 g/mol. The Morgan fingerprint density at radius 3 is 2.37 bits per heavy atom. The van der Waals surface area contributed by atoms with E-state index in [2.05, 4.69) is 31.8 Å². The molecule has 0 spiro atoms. The Bertz CT molecular complexity index is 1520. The van der Waals surface area contributed by atoms with Crippen LogP contribution >= 0.6 is 11.3 Å². The van der Waals surface area contributed by atoms with Crippen LogP contribution in [0.4, 0.5) is 5.13 Å². The van der Waals surface area contributed by atoms with E-state index in [0.717, 1.165) is 27.9 Å². The van der Waals surface area contributed by atoms with E-state index in [9.17, 15) is 13.2 Å². The van der Waals surface area contributed by atoms with Crippen molar-refractivity contribution in [2.75, 3.05) is 18.0 Å². The SMILES string of the molecule is Cc1cc2nc(N(Cc3ccccn3)C(=O)c3ccc(S(=O)(=O)N4CC(C)CC(C)C4)cc3)sc2cc1C. The Labute approximate surface area is 228 Å². The third-order valence-electron chi connectivity index (χ3n) is 7.09. The molecule has 0 radical (unpaired) electrons. The number of fused-ring (bicyclic) bond motifs is 1. The Hall–Kier alpha value is -3.14. The minimum Gasteiger partial charge on any atom is -0.278 e. The summed E-state index contributed by atoms with van der Waals surface area (Å²) in [5.74, 6) is 0.374. The maximum atomic E-state index is 13.8. The van der Waals surface area contributed by atoms with Crippen LogP contribution in [0.5, 0.6) is 0 Å². The highest BCUT2D eigenvalue weighted by Gasteiger charge is 2.32. The van der Waals surface area contributed by atoms with Gasteiger partial charge in [-0.15, -0.1) is 0 Å². The summed E-state index contributed by atoms with van der Waals surface area (Å²) in [5, 5.41) is 0.577. The molecule has 0 bridgehead atoms. The lowest BCUT2D eigenvalue weighted by atomic mass is 9.94. The lowest BCUT2D eigenvalue weighted by molar-refractivity contribution is 0.0984. The highest BCUT2D eigenvalue weighted by molar-refractivity contribution is 7.89. The summed E-state index contributed by atoms with van der Waals surface area (Å²) in [5.41, 5.74) is 4.29. The molecule has 3 heterocycles. The quantitative estimate of drug-likeness (QED) is 0.303. The van der Waals surface area contributed by atoms with Gasteiger partial charge in [0.1, 0.15) is 0 Å². The number of aryl methyl sites for hydroxylation is 2. The predicted molar refractivity (Wildman–Crippen MR) is 152 cm³/mol. The molecule has 0 N–H and O–H groups in total. The normalized spacial score (nSPS) is 18.5. The van der Waals surface area contributed by atoms with E-state index in [4.69, 9.17) is 4.98 Å². The molecule has 9 heteroatoms. The summed E-state index contributed by atoms with van der Waals surface area (Å²) < 4.78 is 29.2. The largest absolute Gasteiger partial charge is 0.278 e. The summed E-state index contributed by atoms with van der Waals surface area (Å²) in [7, 11) is -3.63. The number of thiazole rings is 1. The van der Waals surface area contributed by atoms with Crippen molar-refractivity contribution in [2.45, 2.75) is 45.6 Å². The minimum atomic E-state index is -3.63. The topological polar surface area (TPSA) is 83.5 Å². The van der Waals surface area contributed by atoms with Crippen molar-refractivity contribution in [3.63, 3.8) is 0 Å². The summed E-state index contributed by atoms with van der Waals surface area (Å²) in [6.07, 6.45) is 2.72. The number of hydrogen-bond donors (Lipinski definition) is 0. The average molecular weight is 549 g/mol. The van der Waals surface area contributed by atoms with Crippen LogP contribution in [0.15, 0.2) is 65.7 Å². The smallest absolute Gasteiger partial charge is 0.260 e. The molecular formula is C29H32N4O3S2. The molecule has 198 valence electrons. The first-order valence-corrected chi connectivity index (χ1v) is 15.1. The van der Waals surface area contributed by atoms with Gasteiger partial charge in [-0.3, -0.25) is 14.7 Å². The zero-order valence-electron chi connectivity index (χ0n) is 22.1. The second kappa shape index (κ2) is 10.6. The van der Waals surface area contributed by atoms with E-state index in [1.807, 2.05) is 31.2 Å². The van der Waals surface area contributed by atoms with Gasteiger partial charge >= 0.3 is 0 Å². The standard InChI is InChI=1S/C29H32N4O3S2/c1-19-13-20(2)17-32(16-19)38(35,36)25-10-8-23(9-11-25)28(34)33(18-24-7-5-6-12-30-24)29-31-26-14-21(3)22(4)15-27(26)37-29/h5-12,14-15,19-20H,13,16-18H2,1-4H3. The summed E-state index contributed by atoms with van der Waals surface area (Å²) in [6.45, 7) is 9.56. The molecule has 2 unspecified atom stereocenters. The molecule has 7 nitrogen and oxygen atoms in total. The highest BCUT2D eigenvalue weighted by Crippen LogP contribution is 2.33. The van der Waals surface area contributed by atoms with Crippen LogP contribution in [-0.4, -0.2) is 41.7 Å². The lowest BCUT2D eigenvalue weighted by Crippen LogP contribution is -2.42. The summed E-state index contributed by atoms with van der Waals surface area (Å²) in [6, 6.07) is 16.0. The molecule has 1 aliphatic rings. The first-order chi connectivity index (χ1) is 18.1. The number of aromatic nitrogens is 2. The molecule has 0 saturated carbocycles. The average Bonchev–Trinajstić information content (AvgIpc) is 3.29. The van der Waals surface area contributed by atoms with Gasteiger partial charge in [-0.05, 0) is 91.8 Å². The summed E-state index contributed by atoms with van der Waals surface area (Å²) in [4.78, 5) is 24.8. The number of nitrogens with zero attached hydrogens (tertiary/aromatic N) is 4. The minimum absolute atomic E-state index is 0.206.